The van der Waals surface area contributed by atoms with Gasteiger partial charge in [0.25, 0.3) is 0 Å². The molecule has 2 rings (SSSR count). The lowest BCUT2D eigenvalue weighted by molar-refractivity contribution is 0.426. The van der Waals surface area contributed by atoms with Crippen molar-refractivity contribution in [1.82, 2.24) is 0 Å². The Labute approximate surface area is 105 Å². The molecule has 3 N–H and O–H groups in total. The number of hydrogen-bond acceptors (Lipinski definition) is 3. The summed E-state index contributed by atoms with van der Waals surface area (Å²) in [4.78, 5) is 0. The molecule has 18 heavy (non-hydrogen) atoms. The summed E-state index contributed by atoms with van der Waals surface area (Å²) in [5, 5.41) is 21.1. The minimum absolute atomic E-state index is 0.250. The van der Waals surface area contributed by atoms with Crippen LogP contribution in [-0.4, -0.2) is 17.2 Å². The first-order valence-corrected chi connectivity index (χ1v) is 5.59. The van der Waals surface area contributed by atoms with Gasteiger partial charge in [0.2, 0.25) is 0 Å². The first kappa shape index (κ1) is 12.6. The van der Waals surface area contributed by atoms with E-state index in [1.807, 2.05) is 0 Å². The van der Waals surface area contributed by atoms with Crippen LogP contribution in [0.25, 0.3) is 0 Å². The third-order valence-corrected chi connectivity index (χ3v) is 2.62. The van der Waals surface area contributed by atoms with Crippen molar-refractivity contribution in [3.8, 4) is 0 Å². The molecule has 0 spiro atoms. The zero-order chi connectivity index (χ0) is 13.0. The third-order valence-electron chi connectivity index (χ3n) is 2.62. The highest BCUT2D eigenvalue weighted by Crippen LogP contribution is 2.08. The Morgan fingerprint density at radius 2 is 1.56 bits per heavy atom. The molecule has 0 bridgehead atoms. The zero-order valence-electron chi connectivity index (χ0n) is 9.68. The second kappa shape index (κ2) is 5.66. The van der Waals surface area contributed by atoms with Crippen LogP contribution >= 0.6 is 0 Å². The van der Waals surface area contributed by atoms with Crippen LogP contribution in [0.2, 0.25) is 0 Å². The molecular weight excluding hydrogens is 232 g/mol. The van der Waals surface area contributed by atoms with Crippen molar-refractivity contribution < 1.29 is 14.4 Å². The van der Waals surface area contributed by atoms with E-state index in [1.165, 1.54) is 12.1 Å². The van der Waals surface area contributed by atoms with E-state index in [0.29, 0.717) is 12.0 Å². The van der Waals surface area contributed by atoms with Gasteiger partial charge in [0, 0.05) is 12.2 Å². The normalized spacial score (nSPS) is 10.2. The van der Waals surface area contributed by atoms with Gasteiger partial charge in [0.1, 0.15) is 5.82 Å². The molecule has 0 saturated heterocycles. The highest BCUT2D eigenvalue weighted by molar-refractivity contribution is 6.58. The van der Waals surface area contributed by atoms with Gasteiger partial charge in [0.05, 0.1) is 0 Å². The van der Waals surface area contributed by atoms with Gasteiger partial charge in [-0.2, -0.15) is 0 Å². The van der Waals surface area contributed by atoms with Crippen LogP contribution < -0.4 is 10.8 Å². The van der Waals surface area contributed by atoms with Gasteiger partial charge in [-0.3, -0.25) is 0 Å². The summed E-state index contributed by atoms with van der Waals surface area (Å²) in [7, 11) is -1.45. The lowest BCUT2D eigenvalue weighted by Gasteiger charge is -2.07. The maximum Gasteiger partial charge on any atom is 0.488 e. The first-order chi connectivity index (χ1) is 8.65. The Balaban J connectivity index is 1.95. The third kappa shape index (κ3) is 3.32. The molecule has 5 heteroatoms. The van der Waals surface area contributed by atoms with E-state index in [2.05, 4.69) is 5.32 Å². The van der Waals surface area contributed by atoms with Crippen molar-refractivity contribution >= 4 is 18.3 Å². The van der Waals surface area contributed by atoms with Gasteiger partial charge < -0.3 is 15.4 Å². The van der Waals surface area contributed by atoms with Crippen molar-refractivity contribution in [3.63, 3.8) is 0 Å². The average molecular weight is 245 g/mol. The molecule has 0 aromatic heterocycles. The van der Waals surface area contributed by atoms with Crippen molar-refractivity contribution in [2.24, 2.45) is 0 Å². The van der Waals surface area contributed by atoms with Crippen molar-refractivity contribution in [2.75, 3.05) is 5.32 Å². The fourth-order valence-corrected chi connectivity index (χ4v) is 1.58. The SMILES string of the molecule is OB(O)c1ccc(NCc2ccc(F)cc2)cc1. The predicted molar refractivity (Wildman–Crippen MR) is 70.0 cm³/mol. The maximum absolute atomic E-state index is 12.7. The Morgan fingerprint density at radius 1 is 0.944 bits per heavy atom. The van der Waals surface area contributed by atoms with Crippen LogP contribution in [0.4, 0.5) is 10.1 Å². The van der Waals surface area contributed by atoms with Crippen LogP contribution in [0.15, 0.2) is 48.5 Å². The van der Waals surface area contributed by atoms with Gasteiger partial charge in [-0.1, -0.05) is 24.3 Å². The smallest absolute Gasteiger partial charge is 0.423 e. The summed E-state index contributed by atoms with van der Waals surface area (Å²) in [5.74, 6) is -0.250. The fraction of sp³-hybridized carbons (Fsp3) is 0.0769. The summed E-state index contributed by atoms with van der Waals surface area (Å²) >= 11 is 0. The highest BCUT2D eigenvalue weighted by atomic mass is 19.1. The summed E-state index contributed by atoms with van der Waals surface area (Å²) in [6, 6.07) is 13.1. The lowest BCUT2D eigenvalue weighted by atomic mass is 9.80. The van der Waals surface area contributed by atoms with E-state index < -0.39 is 7.12 Å². The van der Waals surface area contributed by atoms with Gasteiger partial charge in [-0.05, 0) is 35.3 Å². The topological polar surface area (TPSA) is 52.5 Å². The van der Waals surface area contributed by atoms with Crippen molar-refractivity contribution in [1.29, 1.82) is 0 Å². The molecule has 2 aromatic carbocycles. The van der Waals surface area contributed by atoms with E-state index in [4.69, 9.17) is 10.0 Å². The minimum atomic E-state index is -1.45. The predicted octanol–water partition coefficient (Wildman–Crippen LogP) is 1.12. The minimum Gasteiger partial charge on any atom is -0.423 e. The van der Waals surface area contributed by atoms with E-state index in [1.54, 1.807) is 36.4 Å². The summed E-state index contributed by atoms with van der Waals surface area (Å²) in [6.45, 7) is 0.585. The second-order valence-electron chi connectivity index (χ2n) is 3.98. The molecule has 0 atom stereocenters. The van der Waals surface area contributed by atoms with Crippen LogP contribution in [-0.2, 0) is 6.54 Å². The monoisotopic (exact) mass is 245 g/mol. The van der Waals surface area contributed by atoms with Gasteiger partial charge >= 0.3 is 7.12 Å². The molecule has 0 unspecified atom stereocenters. The van der Waals surface area contributed by atoms with Gasteiger partial charge in [0.15, 0.2) is 0 Å². The number of rotatable bonds is 4. The van der Waals surface area contributed by atoms with Crippen LogP contribution in [0.3, 0.4) is 0 Å². The van der Waals surface area contributed by atoms with Crippen LogP contribution in [0, 0.1) is 5.82 Å². The number of hydrogen-bond donors (Lipinski definition) is 3. The molecule has 0 saturated carbocycles. The van der Waals surface area contributed by atoms with Gasteiger partial charge in [-0.15, -0.1) is 0 Å². The van der Waals surface area contributed by atoms with E-state index >= 15 is 0 Å². The molecule has 0 fully saturated rings. The molecule has 2 aromatic rings. The maximum atomic E-state index is 12.7. The molecule has 0 aliphatic carbocycles. The first-order valence-electron chi connectivity index (χ1n) is 5.59. The fourth-order valence-electron chi connectivity index (χ4n) is 1.58. The standard InChI is InChI=1S/C13H13BFNO2/c15-12-5-1-10(2-6-12)9-16-13-7-3-11(4-8-13)14(17)18/h1-8,16-18H,9H2. The van der Waals surface area contributed by atoms with Crippen molar-refractivity contribution in [2.45, 2.75) is 6.54 Å². The molecule has 0 amide bonds. The summed E-state index contributed by atoms with van der Waals surface area (Å²) in [5.41, 5.74) is 2.29. The number of nitrogens with one attached hydrogen (secondary N) is 1. The van der Waals surface area contributed by atoms with E-state index in [0.717, 1.165) is 11.3 Å². The molecule has 0 aliphatic rings. The number of benzene rings is 2. The summed E-state index contributed by atoms with van der Waals surface area (Å²) < 4.78 is 12.7. The quantitative estimate of drug-likeness (QED) is 0.707. The molecular formula is C13H13BFNO2. The molecule has 0 aliphatic heterocycles. The molecule has 92 valence electrons. The Morgan fingerprint density at radius 3 is 2.11 bits per heavy atom. The molecule has 0 radical (unpaired) electrons. The summed E-state index contributed by atoms with van der Waals surface area (Å²) in [6.07, 6.45) is 0. The van der Waals surface area contributed by atoms with Crippen molar-refractivity contribution in [3.05, 3.63) is 59.9 Å². The second-order valence-corrected chi connectivity index (χ2v) is 3.98. The van der Waals surface area contributed by atoms with E-state index in [-0.39, 0.29) is 5.82 Å². The number of halogens is 1. The largest absolute Gasteiger partial charge is 0.488 e. The Kier molecular flexibility index (Phi) is 3.97. The lowest BCUT2D eigenvalue weighted by Crippen LogP contribution is -2.29. The highest BCUT2D eigenvalue weighted by Gasteiger charge is 2.09. The Bertz CT molecular complexity index is 499. The zero-order valence-corrected chi connectivity index (χ0v) is 9.68. The van der Waals surface area contributed by atoms with Gasteiger partial charge in [-0.25, -0.2) is 4.39 Å². The molecule has 0 heterocycles. The number of anilines is 1. The van der Waals surface area contributed by atoms with Crippen LogP contribution in [0.1, 0.15) is 5.56 Å². The Hall–Kier alpha value is -1.85. The van der Waals surface area contributed by atoms with E-state index in [9.17, 15) is 4.39 Å². The average Bonchev–Trinajstić information content (AvgIpc) is 2.38. The molecule has 3 nitrogen and oxygen atoms in total. The van der Waals surface area contributed by atoms with Crippen LogP contribution in [0.5, 0.6) is 0 Å².